The van der Waals surface area contributed by atoms with Crippen molar-refractivity contribution in [1.82, 2.24) is 9.58 Å². The number of quaternary nitrogens is 1. The standard InChI is InChI=1S/C7H8IN4/c1-12(9)4-11-6-3-10-2-5(8)7(6)12/h2-4H,9H2,1H3/q+1. The van der Waals surface area contributed by atoms with Gasteiger partial charge in [0.2, 0.25) is 6.34 Å². The maximum absolute atomic E-state index is 5.95. The number of hydrogen-bond donors (Lipinski definition) is 1. The van der Waals surface area contributed by atoms with E-state index in [2.05, 4.69) is 32.6 Å². The molecule has 1 unspecified atom stereocenters. The van der Waals surface area contributed by atoms with Crippen LogP contribution in [0, 0.1) is 3.57 Å². The van der Waals surface area contributed by atoms with Crippen LogP contribution in [-0.2, 0) is 0 Å². The Balaban J connectivity index is 2.70. The molecule has 0 fully saturated rings. The van der Waals surface area contributed by atoms with Crippen molar-refractivity contribution < 1.29 is 0 Å². The number of nitrogens with zero attached hydrogens (tertiary/aromatic N) is 3. The molecular formula is C7H8IN4+. The minimum atomic E-state index is 0.218. The van der Waals surface area contributed by atoms with Crippen LogP contribution in [0.4, 0.5) is 11.4 Å². The van der Waals surface area contributed by atoms with E-state index in [9.17, 15) is 0 Å². The molecule has 12 heavy (non-hydrogen) atoms. The van der Waals surface area contributed by atoms with E-state index in [-0.39, 0.29) is 4.59 Å². The lowest BCUT2D eigenvalue weighted by Gasteiger charge is -2.18. The molecule has 4 nitrogen and oxygen atoms in total. The summed E-state index contributed by atoms with van der Waals surface area (Å²) in [5.41, 5.74) is 1.89. The molecule has 0 radical (unpaired) electrons. The summed E-state index contributed by atoms with van der Waals surface area (Å²) in [6.07, 6.45) is 5.22. The van der Waals surface area contributed by atoms with Gasteiger partial charge in [-0.15, -0.1) is 0 Å². The Kier molecular flexibility index (Phi) is 1.67. The van der Waals surface area contributed by atoms with Gasteiger partial charge in [-0.2, -0.15) is 15.4 Å². The molecule has 0 amide bonds. The lowest BCUT2D eigenvalue weighted by Crippen LogP contribution is -2.49. The Bertz CT molecular complexity index is 358. The van der Waals surface area contributed by atoms with Crippen molar-refractivity contribution in [1.29, 1.82) is 0 Å². The normalized spacial score (nSPS) is 25.9. The molecule has 1 aliphatic heterocycles. The summed E-state index contributed by atoms with van der Waals surface area (Å²) in [7, 11) is 1.89. The van der Waals surface area contributed by atoms with Gasteiger partial charge in [-0.05, 0) is 22.6 Å². The Morgan fingerprint density at radius 3 is 2.92 bits per heavy atom. The van der Waals surface area contributed by atoms with E-state index < -0.39 is 0 Å². The van der Waals surface area contributed by atoms with Crippen LogP contribution < -0.4 is 10.4 Å². The average Bonchev–Trinajstić information content (AvgIpc) is 2.29. The smallest absolute Gasteiger partial charge is 0.215 e. The Morgan fingerprint density at radius 1 is 1.50 bits per heavy atom. The third-order valence-electron chi connectivity index (χ3n) is 1.77. The fourth-order valence-corrected chi connectivity index (χ4v) is 2.19. The van der Waals surface area contributed by atoms with Crippen LogP contribution in [0.2, 0.25) is 0 Å². The highest BCUT2D eigenvalue weighted by Crippen LogP contribution is 2.36. The molecule has 1 aromatic heterocycles. The molecule has 1 aliphatic rings. The third-order valence-corrected chi connectivity index (χ3v) is 2.56. The zero-order chi connectivity index (χ0) is 8.77. The van der Waals surface area contributed by atoms with Gasteiger partial charge in [0.25, 0.3) is 0 Å². The SMILES string of the molecule is C[N+]1(N)C=Nc2cncc(I)c21. The van der Waals surface area contributed by atoms with Gasteiger partial charge in [0.1, 0.15) is 0 Å². The average molecular weight is 275 g/mol. The summed E-state index contributed by atoms with van der Waals surface area (Å²) in [6, 6.07) is 0. The fourth-order valence-electron chi connectivity index (χ4n) is 1.23. The van der Waals surface area contributed by atoms with Gasteiger partial charge in [-0.3, -0.25) is 4.98 Å². The van der Waals surface area contributed by atoms with Gasteiger partial charge in [0.05, 0.1) is 16.8 Å². The quantitative estimate of drug-likeness (QED) is 0.439. The number of rotatable bonds is 0. The molecule has 1 aromatic rings. The highest BCUT2D eigenvalue weighted by molar-refractivity contribution is 14.1. The van der Waals surface area contributed by atoms with Gasteiger partial charge in [0, 0.05) is 6.20 Å². The molecule has 1 atom stereocenters. The van der Waals surface area contributed by atoms with Crippen LogP contribution in [0.5, 0.6) is 0 Å². The minimum absolute atomic E-state index is 0.218. The second-order valence-corrected chi connectivity index (χ2v) is 4.04. The predicted molar refractivity (Wildman–Crippen MR) is 57.0 cm³/mol. The first-order valence-corrected chi connectivity index (χ1v) is 4.53. The maximum atomic E-state index is 5.95. The molecule has 2 rings (SSSR count). The number of nitrogens with two attached hydrogens (primary N) is 1. The molecule has 0 aliphatic carbocycles. The van der Waals surface area contributed by atoms with Crippen LogP contribution in [-0.4, -0.2) is 18.4 Å². The number of aromatic nitrogens is 1. The van der Waals surface area contributed by atoms with E-state index in [1.807, 2.05) is 7.05 Å². The highest BCUT2D eigenvalue weighted by atomic mass is 127. The molecule has 0 aromatic carbocycles. The van der Waals surface area contributed by atoms with Gasteiger partial charge in [-0.1, -0.05) is 0 Å². The molecule has 0 bridgehead atoms. The van der Waals surface area contributed by atoms with Gasteiger partial charge in [0.15, 0.2) is 11.4 Å². The number of pyridine rings is 1. The van der Waals surface area contributed by atoms with Crippen LogP contribution in [0.1, 0.15) is 0 Å². The van der Waals surface area contributed by atoms with Crippen LogP contribution in [0.25, 0.3) is 0 Å². The summed E-state index contributed by atoms with van der Waals surface area (Å²) in [4.78, 5) is 8.20. The van der Waals surface area contributed by atoms with Crippen molar-refractivity contribution in [2.24, 2.45) is 10.8 Å². The molecule has 0 spiro atoms. The van der Waals surface area contributed by atoms with E-state index >= 15 is 0 Å². The zero-order valence-corrected chi connectivity index (χ0v) is 8.69. The van der Waals surface area contributed by atoms with Crippen molar-refractivity contribution in [3.63, 3.8) is 0 Å². The van der Waals surface area contributed by atoms with Crippen molar-refractivity contribution in [3.05, 3.63) is 16.0 Å². The highest BCUT2D eigenvalue weighted by Gasteiger charge is 2.31. The van der Waals surface area contributed by atoms with Crippen molar-refractivity contribution >= 4 is 40.3 Å². The Hall–Kier alpha value is -0.530. The van der Waals surface area contributed by atoms with Crippen molar-refractivity contribution in [2.45, 2.75) is 0 Å². The maximum Gasteiger partial charge on any atom is 0.215 e. The van der Waals surface area contributed by atoms with E-state index in [0.717, 1.165) is 14.9 Å². The Morgan fingerprint density at radius 2 is 2.25 bits per heavy atom. The Labute approximate surface area is 83.8 Å². The summed E-state index contributed by atoms with van der Waals surface area (Å²) >= 11 is 2.21. The summed E-state index contributed by atoms with van der Waals surface area (Å²) in [5.74, 6) is 5.95. The first-order valence-electron chi connectivity index (χ1n) is 3.45. The second-order valence-electron chi connectivity index (χ2n) is 2.88. The molecule has 0 saturated heterocycles. The van der Waals surface area contributed by atoms with Gasteiger partial charge >= 0.3 is 0 Å². The first kappa shape index (κ1) is 8.09. The predicted octanol–water partition coefficient (Wildman–Crippen LogP) is 1.17. The van der Waals surface area contributed by atoms with Crippen LogP contribution >= 0.6 is 22.6 Å². The van der Waals surface area contributed by atoms with E-state index in [1.54, 1.807) is 18.7 Å². The third kappa shape index (κ3) is 1.05. The number of halogens is 1. The number of fused-ring (bicyclic) bond motifs is 1. The van der Waals surface area contributed by atoms with Crippen LogP contribution in [0.15, 0.2) is 17.4 Å². The largest absolute Gasteiger partial charge is 0.261 e. The lowest BCUT2D eigenvalue weighted by atomic mass is 10.3. The topological polar surface area (TPSA) is 51.3 Å². The molecule has 0 saturated carbocycles. The summed E-state index contributed by atoms with van der Waals surface area (Å²) in [6.45, 7) is 0. The van der Waals surface area contributed by atoms with E-state index in [1.165, 1.54) is 0 Å². The van der Waals surface area contributed by atoms with E-state index in [4.69, 9.17) is 5.84 Å². The molecule has 2 heterocycles. The zero-order valence-electron chi connectivity index (χ0n) is 6.53. The minimum Gasteiger partial charge on any atom is -0.261 e. The monoisotopic (exact) mass is 275 g/mol. The van der Waals surface area contributed by atoms with Gasteiger partial charge < -0.3 is 0 Å². The van der Waals surface area contributed by atoms with Crippen LogP contribution in [0.3, 0.4) is 0 Å². The molecule has 5 heteroatoms. The second kappa shape index (κ2) is 2.48. The summed E-state index contributed by atoms with van der Waals surface area (Å²) < 4.78 is 1.27. The molecule has 62 valence electrons. The summed E-state index contributed by atoms with van der Waals surface area (Å²) in [5, 5.41) is 0. The van der Waals surface area contributed by atoms with Gasteiger partial charge in [-0.25, -0.2) is 0 Å². The number of aliphatic imine (C=N–C) groups is 1. The van der Waals surface area contributed by atoms with Crippen molar-refractivity contribution in [3.8, 4) is 0 Å². The lowest BCUT2D eigenvalue weighted by molar-refractivity contribution is 0.542. The molecule has 2 N–H and O–H groups in total. The molecular weight excluding hydrogens is 267 g/mol. The first-order chi connectivity index (χ1) is 5.61. The van der Waals surface area contributed by atoms with Crippen molar-refractivity contribution in [2.75, 3.05) is 7.05 Å². The fraction of sp³-hybridized carbons (Fsp3) is 0.143. The van der Waals surface area contributed by atoms with E-state index in [0.29, 0.717) is 0 Å². The number of hydrogen-bond acceptors (Lipinski definition) is 3.